The molecule has 52 heavy (non-hydrogen) atoms. The van der Waals surface area contributed by atoms with Crippen molar-refractivity contribution in [2.24, 2.45) is 23.7 Å². The number of hydrogen-bond donors (Lipinski definition) is 0. The van der Waals surface area contributed by atoms with E-state index in [0.717, 1.165) is 98.8 Å². The van der Waals surface area contributed by atoms with Gasteiger partial charge in [-0.3, -0.25) is 9.97 Å². The molecule has 10 rings (SSSR count). The highest BCUT2D eigenvalue weighted by Gasteiger charge is 2.46. The lowest BCUT2D eigenvalue weighted by Crippen LogP contribution is -2.22. The Bertz CT molecular complexity index is 2120. The van der Waals surface area contributed by atoms with E-state index in [1.807, 2.05) is 49.1 Å². The number of hydrogen-bond acceptors (Lipinski definition) is 10. The summed E-state index contributed by atoms with van der Waals surface area (Å²) in [5, 5.41) is 0.412. The van der Waals surface area contributed by atoms with Gasteiger partial charge in [0.25, 0.3) is 0 Å². The van der Waals surface area contributed by atoms with E-state index < -0.39 is 0 Å². The Morgan fingerprint density at radius 2 is 1.00 bits per heavy atom. The van der Waals surface area contributed by atoms with Crippen molar-refractivity contribution in [2.45, 2.75) is 40.5 Å². The number of fused-ring (bicyclic) bond motifs is 2. The van der Waals surface area contributed by atoms with E-state index in [-0.39, 0.29) is 0 Å². The first-order valence-electron chi connectivity index (χ1n) is 17.6. The van der Waals surface area contributed by atoms with Crippen molar-refractivity contribution in [2.75, 3.05) is 36.0 Å². The third kappa shape index (κ3) is 7.42. The average Bonchev–Trinajstić information content (AvgIpc) is 3.82. The molecule has 4 unspecified atom stereocenters. The van der Waals surface area contributed by atoms with E-state index in [0.29, 0.717) is 5.15 Å². The molecular formula is C38H40BrClN12. The lowest BCUT2D eigenvalue weighted by Gasteiger charge is -2.18. The summed E-state index contributed by atoms with van der Waals surface area (Å²) >= 11 is 9.06. The van der Waals surface area contributed by atoms with Gasteiger partial charge in [-0.1, -0.05) is 11.6 Å². The first kappa shape index (κ1) is 34.3. The quantitative estimate of drug-likeness (QED) is 0.181. The fourth-order valence-electron chi connectivity index (χ4n) is 7.34. The number of aromatic nitrogens is 10. The van der Waals surface area contributed by atoms with Crippen LogP contribution in [0.1, 0.15) is 35.6 Å². The topological polar surface area (TPSA) is 119 Å². The predicted octanol–water partition coefficient (Wildman–Crippen LogP) is 7.03. The van der Waals surface area contributed by atoms with Crippen LogP contribution in [0.2, 0.25) is 5.15 Å². The number of halogens is 2. The monoisotopic (exact) mass is 778 g/mol. The molecule has 4 atom stereocenters. The van der Waals surface area contributed by atoms with Crippen LogP contribution in [0, 0.1) is 51.4 Å². The molecule has 4 fully saturated rings. The van der Waals surface area contributed by atoms with Crippen LogP contribution in [0.3, 0.4) is 0 Å². The Morgan fingerprint density at radius 3 is 1.46 bits per heavy atom. The molecule has 8 heterocycles. The van der Waals surface area contributed by atoms with Crippen LogP contribution in [-0.4, -0.2) is 75.2 Å². The molecule has 2 aliphatic carbocycles. The van der Waals surface area contributed by atoms with Crippen LogP contribution in [0.5, 0.6) is 0 Å². The zero-order valence-corrected chi connectivity index (χ0v) is 31.9. The van der Waals surface area contributed by atoms with Crippen molar-refractivity contribution < 1.29 is 0 Å². The van der Waals surface area contributed by atoms with Crippen molar-refractivity contribution in [1.29, 1.82) is 0 Å². The van der Waals surface area contributed by atoms with Crippen molar-refractivity contribution in [3.63, 3.8) is 0 Å². The Hall–Kier alpha value is -4.75. The fraction of sp³-hybridized carbons (Fsp3) is 0.368. The molecule has 6 aromatic heterocycles. The number of aryl methyl sites for hydroxylation is 4. The largest absolute Gasteiger partial charge is 0.355 e. The van der Waals surface area contributed by atoms with Crippen LogP contribution < -0.4 is 9.80 Å². The van der Waals surface area contributed by atoms with Gasteiger partial charge >= 0.3 is 0 Å². The average molecular weight is 780 g/mol. The van der Waals surface area contributed by atoms with Crippen LogP contribution in [0.15, 0.2) is 78.4 Å². The predicted molar refractivity (Wildman–Crippen MR) is 205 cm³/mol. The smallest absolute Gasteiger partial charge is 0.157 e. The number of rotatable bonds is 5. The van der Waals surface area contributed by atoms with Crippen LogP contribution >= 0.6 is 27.5 Å². The second-order valence-electron chi connectivity index (χ2n) is 14.1. The first-order chi connectivity index (χ1) is 25.2. The molecule has 266 valence electrons. The standard InChI is InChI=1S/C19H20N6.C10H10ClN3.C9H10BrN3/c1-12-3-4-13(2)25(12)19-8-20-6-17(23-19)16-7-22-18(9-21-16)24-10-14-5-15(14)11-24;1-7-3-4-8(2)14(7)10-6-12-5-9(11)13-10;10-8-2-12-9(3-11-8)13-4-6-1-7(6)5-13/h3-4,6-9,14-15H,5,10-11H2,1-2H3;3-6H,1-2H3;2-3,6-7H,1,4-5H2. The summed E-state index contributed by atoms with van der Waals surface area (Å²) in [6.07, 6.45) is 16.8. The molecule has 6 aromatic rings. The molecule has 0 radical (unpaired) electrons. The molecule has 2 aliphatic heterocycles. The van der Waals surface area contributed by atoms with Gasteiger partial charge in [-0.05, 0) is 104 Å². The highest BCUT2D eigenvalue weighted by molar-refractivity contribution is 9.10. The van der Waals surface area contributed by atoms with Gasteiger partial charge in [0, 0.05) is 49.0 Å². The summed E-state index contributed by atoms with van der Waals surface area (Å²) in [7, 11) is 0. The lowest BCUT2D eigenvalue weighted by molar-refractivity contribution is 0.800. The lowest BCUT2D eigenvalue weighted by atomic mass is 10.3. The van der Waals surface area contributed by atoms with E-state index in [9.17, 15) is 0 Å². The normalized spacial score (nSPS) is 20.7. The van der Waals surface area contributed by atoms with Gasteiger partial charge in [0.05, 0.1) is 49.6 Å². The highest BCUT2D eigenvalue weighted by Crippen LogP contribution is 2.46. The number of nitrogens with zero attached hydrogens (tertiary/aromatic N) is 12. The molecule has 14 heteroatoms. The minimum absolute atomic E-state index is 0.412. The van der Waals surface area contributed by atoms with Crippen LogP contribution in [0.4, 0.5) is 11.6 Å². The Morgan fingerprint density at radius 1 is 0.519 bits per heavy atom. The van der Waals surface area contributed by atoms with Gasteiger partial charge in [0.1, 0.15) is 32.8 Å². The summed E-state index contributed by atoms with van der Waals surface area (Å²) < 4.78 is 4.91. The zero-order valence-electron chi connectivity index (χ0n) is 29.6. The minimum atomic E-state index is 0.412. The van der Waals surface area contributed by atoms with Gasteiger partial charge in [-0.2, -0.15) is 0 Å². The highest BCUT2D eigenvalue weighted by atomic mass is 79.9. The van der Waals surface area contributed by atoms with Crippen LogP contribution in [0.25, 0.3) is 23.0 Å². The Kier molecular flexibility index (Phi) is 9.47. The minimum Gasteiger partial charge on any atom is -0.355 e. The summed E-state index contributed by atoms with van der Waals surface area (Å²) in [6.45, 7) is 12.8. The maximum absolute atomic E-state index is 5.78. The molecule has 2 saturated heterocycles. The second-order valence-corrected chi connectivity index (χ2v) is 15.3. The summed E-state index contributed by atoms with van der Waals surface area (Å²) in [4.78, 5) is 39.7. The number of anilines is 2. The van der Waals surface area contributed by atoms with Gasteiger partial charge in [-0.25, -0.2) is 29.9 Å². The number of piperidine rings is 2. The van der Waals surface area contributed by atoms with Crippen molar-refractivity contribution >= 4 is 39.2 Å². The molecule has 0 bridgehead atoms. The van der Waals surface area contributed by atoms with Gasteiger partial charge in [0.2, 0.25) is 0 Å². The van der Waals surface area contributed by atoms with E-state index in [1.54, 1.807) is 24.8 Å². The maximum atomic E-state index is 5.78. The van der Waals surface area contributed by atoms with Crippen molar-refractivity contribution in [1.82, 2.24) is 49.0 Å². The Balaban J connectivity index is 0.000000122. The summed E-state index contributed by atoms with van der Waals surface area (Å²) in [5.41, 5.74) is 6.02. The summed E-state index contributed by atoms with van der Waals surface area (Å²) in [5.74, 6) is 7.23. The molecule has 0 aromatic carbocycles. The fourth-order valence-corrected chi connectivity index (χ4v) is 7.69. The van der Waals surface area contributed by atoms with Crippen LogP contribution in [-0.2, 0) is 0 Å². The third-order valence-electron chi connectivity index (χ3n) is 10.3. The molecule has 0 amide bonds. The molecule has 4 aliphatic rings. The first-order valence-corrected chi connectivity index (χ1v) is 18.8. The van der Waals surface area contributed by atoms with E-state index >= 15 is 0 Å². The molecule has 0 N–H and O–H groups in total. The molecule has 0 spiro atoms. The maximum Gasteiger partial charge on any atom is 0.157 e. The molecular weight excluding hydrogens is 740 g/mol. The van der Waals surface area contributed by atoms with Crippen molar-refractivity contribution in [3.8, 4) is 23.0 Å². The van der Waals surface area contributed by atoms with Gasteiger partial charge in [-0.15, -0.1) is 0 Å². The second kappa shape index (κ2) is 14.3. The van der Waals surface area contributed by atoms with E-state index in [2.05, 4.69) is 91.2 Å². The van der Waals surface area contributed by atoms with Gasteiger partial charge in [0.15, 0.2) is 11.6 Å². The summed E-state index contributed by atoms with van der Waals surface area (Å²) in [6, 6.07) is 8.24. The van der Waals surface area contributed by atoms with E-state index in [4.69, 9.17) is 16.6 Å². The van der Waals surface area contributed by atoms with Crippen molar-refractivity contribution in [3.05, 3.63) is 106 Å². The molecule has 12 nitrogen and oxygen atoms in total. The Labute approximate surface area is 316 Å². The SMILES string of the molecule is Brc1cnc(N2CC3CC3C2)cn1.Cc1ccc(C)n1-c1cncc(-c2cnc(N3CC4CC4C3)cn2)n1.Cc1ccc(C)n1-c1cncc(Cl)n1. The zero-order chi connectivity index (χ0) is 35.9. The molecule has 2 saturated carbocycles. The van der Waals surface area contributed by atoms with Gasteiger partial charge < -0.3 is 18.9 Å². The van der Waals surface area contributed by atoms with E-state index in [1.165, 1.54) is 32.1 Å². The third-order valence-corrected chi connectivity index (χ3v) is 10.9.